The lowest BCUT2D eigenvalue weighted by Gasteiger charge is -2.15. The van der Waals surface area contributed by atoms with Crippen molar-refractivity contribution in [2.75, 3.05) is 19.6 Å². The number of unbranched alkanes of at least 4 members (excludes halogenated alkanes) is 1. The second-order valence-electron chi connectivity index (χ2n) is 10.1. The van der Waals surface area contributed by atoms with Gasteiger partial charge in [0.05, 0.1) is 15.6 Å². The van der Waals surface area contributed by atoms with E-state index in [2.05, 4.69) is 33.0 Å². The Morgan fingerprint density at radius 1 is 0.923 bits per heavy atom. The summed E-state index contributed by atoms with van der Waals surface area (Å²) in [5.41, 5.74) is 2.12. The molecule has 0 amide bonds. The van der Waals surface area contributed by atoms with E-state index in [1.54, 1.807) is 6.07 Å². The van der Waals surface area contributed by atoms with Gasteiger partial charge in [0.1, 0.15) is 11.3 Å². The fourth-order valence-electron chi connectivity index (χ4n) is 5.27. The summed E-state index contributed by atoms with van der Waals surface area (Å²) in [6.07, 6.45) is 1.78. The van der Waals surface area contributed by atoms with Crippen LogP contribution in [0.15, 0.2) is 74.3 Å². The summed E-state index contributed by atoms with van der Waals surface area (Å²) >= 11 is 3.33. The number of benzene rings is 3. The first-order valence-corrected chi connectivity index (χ1v) is 13.9. The number of fused-ring (bicyclic) bond motifs is 1. The highest BCUT2D eigenvalue weighted by atomic mass is 79.9. The number of likely N-dealkylation sites (tertiary alicyclic amines) is 1. The van der Waals surface area contributed by atoms with Crippen molar-refractivity contribution < 1.29 is 22.7 Å². The van der Waals surface area contributed by atoms with E-state index >= 15 is 0 Å². The molecule has 0 bridgehead atoms. The number of nitrogens with zero attached hydrogens (tertiary/aromatic N) is 1. The smallest absolute Gasteiger partial charge is 0.416 e. The molecule has 0 unspecified atom stereocenters. The number of hydrogen-bond acceptors (Lipinski definition) is 4. The lowest BCUT2D eigenvalue weighted by molar-refractivity contribution is -0.137. The van der Waals surface area contributed by atoms with Gasteiger partial charge in [-0.25, -0.2) is 4.79 Å². The number of phenolic OH excluding ortho intramolecular Hbond substituents is 1. The molecule has 1 aromatic heterocycles. The van der Waals surface area contributed by atoms with Crippen LogP contribution in [0.2, 0.25) is 0 Å². The Bertz CT molecular complexity index is 1510. The number of aromatic hydroxyl groups is 1. The Morgan fingerprint density at radius 3 is 2.26 bits per heavy atom. The van der Waals surface area contributed by atoms with Gasteiger partial charge in [0.15, 0.2) is 0 Å². The summed E-state index contributed by atoms with van der Waals surface area (Å²) in [5.74, 6) is -0.0760. The number of phenols is 1. The average molecular weight is 600 g/mol. The van der Waals surface area contributed by atoms with Gasteiger partial charge >= 0.3 is 11.8 Å². The first kappa shape index (κ1) is 27.5. The van der Waals surface area contributed by atoms with Crippen LogP contribution in [0.1, 0.15) is 47.9 Å². The maximum atomic E-state index is 13.1. The first-order valence-electron chi connectivity index (χ1n) is 13.1. The lowest BCUT2D eigenvalue weighted by Crippen LogP contribution is -2.20. The Labute approximate surface area is 233 Å². The molecular formula is C31H29BrF3NO3. The van der Waals surface area contributed by atoms with E-state index in [0.717, 1.165) is 37.1 Å². The van der Waals surface area contributed by atoms with Gasteiger partial charge < -0.3 is 14.4 Å². The van der Waals surface area contributed by atoms with Gasteiger partial charge in [-0.15, -0.1) is 0 Å². The molecule has 0 saturated carbocycles. The lowest BCUT2D eigenvalue weighted by atomic mass is 9.92. The number of aryl methyl sites for hydroxylation is 1. The zero-order valence-corrected chi connectivity index (χ0v) is 22.9. The molecule has 4 aromatic rings. The minimum Gasteiger partial charge on any atom is -0.507 e. The summed E-state index contributed by atoms with van der Waals surface area (Å²) in [4.78, 5) is 15.7. The Hall–Kier alpha value is -3.10. The van der Waals surface area contributed by atoms with Crippen LogP contribution in [-0.2, 0) is 19.0 Å². The molecule has 0 spiro atoms. The maximum absolute atomic E-state index is 13.1. The van der Waals surface area contributed by atoms with Crippen LogP contribution < -0.4 is 5.63 Å². The van der Waals surface area contributed by atoms with E-state index in [-0.39, 0.29) is 16.9 Å². The molecule has 204 valence electrons. The number of alkyl halides is 3. The van der Waals surface area contributed by atoms with E-state index in [0.29, 0.717) is 27.4 Å². The van der Waals surface area contributed by atoms with Crippen molar-refractivity contribution in [2.24, 2.45) is 0 Å². The monoisotopic (exact) mass is 599 g/mol. The standard InChI is InChI=1S/C31H29BrF3NO3/c32-26-18-24-25(17-21-8-6-20(7-9-21)5-1-2-14-36-15-3-4-16-36)29(30(38)39-28(24)19-27(26)37)22-10-12-23(13-11-22)31(33,34)35/h6-13,18-19,37H,1-5,14-17H2. The van der Waals surface area contributed by atoms with Crippen molar-refractivity contribution in [1.29, 1.82) is 0 Å². The van der Waals surface area contributed by atoms with Crippen LogP contribution in [0.4, 0.5) is 13.2 Å². The summed E-state index contributed by atoms with van der Waals surface area (Å²) in [5, 5.41) is 10.7. The van der Waals surface area contributed by atoms with E-state index in [1.807, 2.05) is 12.1 Å². The largest absolute Gasteiger partial charge is 0.507 e. The predicted octanol–water partition coefficient (Wildman–Crippen LogP) is 7.96. The van der Waals surface area contributed by atoms with E-state index < -0.39 is 17.4 Å². The Balaban J connectivity index is 1.44. The molecule has 8 heteroatoms. The molecule has 1 aliphatic heterocycles. The van der Waals surface area contributed by atoms with E-state index in [9.17, 15) is 23.1 Å². The van der Waals surface area contributed by atoms with Crippen molar-refractivity contribution in [3.05, 3.63) is 97.8 Å². The SMILES string of the molecule is O=c1oc2cc(O)c(Br)cc2c(Cc2ccc(CCCCN3CCCC3)cc2)c1-c1ccc(C(F)(F)F)cc1. The van der Waals surface area contributed by atoms with Crippen LogP contribution in [-0.4, -0.2) is 29.6 Å². The van der Waals surface area contributed by atoms with Gasteiger partial charge in [-0.05, 0) is 115 Å². The van der Waals surface area contributed by atoms with Gasteiger partial charge in [-0.3, -0.25) is 0 Å². The minimum atomic E-state index is -4.48. The summed E-state index contributed by atoms with van der Waals surface area (Å²) < 4.78 is 45.4. The molecule has 3 aromatic carbocycles. The van der Waals surface area contributed by atoms with Gasteiger partial charge in [-0.2, -0.15) is 13.2 Å². The highest BCUT2D eigenvalue weighted by Crippen LogP contribution is 2.36. The molecule has 2 heterocycles. The molecule has 0 aliphatic carbocycles. The Morgan fingerprint density at radius 2 is 1.59 bits per heavy atom. The molecule has 0 atom stereocenters. The molecule has 0 radical (unpaired) electrons. The predicted molar refractivity (Wildman–Crippen MR) is 150 cm³/mol. The summed E-state index contributed by atoms with van der Waals surface area (Å²) in [7, 11) is 0. The van der Waals surface area contributed by atoms with Crippen LogP contribution in [0.5, 0.6) is 5.75 Å². The van der Waals surface area contributed by atoms with Crippen molar-refractivity contribution in [3.63, 3.8) is 0 Å². The zero-order chi connectivity index (χ0) is 27.6. The average Bonchev–Trinajstić information content (AvgIpc) is 3.42. The molecule has 39 heavy (non-hydrogen) atoms. The number of hydrogen-bond donors (Lipinski definition) is 1. The maximum Gasteiger partial charge on any atom is 0.416 e. The zero-order valence-electron chi connectivity index (χ0n) is 21.4. The van der Waals surface area contributed by atoms with Crippen molar-refractivity contribution in [2.45, 2.75) is 44.7 Å². The molecule has 1 N–H and O–H groups in total. The molecule has 1 fully saturated rings. The van der Waals surface area contributed by atoms with E-state index in [4.69, 9.17) is 4.42 Å². The minimum absolute atomic E-state index is 0.0760. The van der Waals surface area contributed by atoms with Gasteiger partial charge in [0.2, 0.25) is 0 Å². The van der Waals surface area contributed by atoms with E-state index in [1.165, 1.54) is 56.1 Å². The fourth-order valence-corrected chi connectivity index (χ4v) is 5.62. The van der Waals surface area contributed by atoms with Crippen molar-refractivity contribution in [1.82, 2.24) is 4.90 Å². The second kappa shape index (κ2) is 11.6. The molecular weight excluding hydrogens is 571 g/mol. The van der Waals surface area contributed by atoms with Crippen LogP contribution >= 0.6 is 15.9 Å². The fraction of sp³-hybridized carbons (Fsp3) is 0.323. The van der Waals surface area contributed by atoms with Gasteiger partial charge in [0, 0.05) is 11.5 Å². The van der Waals surface area contributed by atoms with Gasteiger partial charge in [-0.1, -0.05) is 36.4 Å². The quantitative estimate of drug-likeness (QED) is 0.165. The van der Waals surface area contributed by atoms with Crippen molar-refractivity contribution in [3.8, 4) is 16.9 Å². The van der Waals surface area contributed by atoms with Crippen LogP contribution in [0.25, 0.3) is 22.1 Å². The molecule has 5 rings (SSSR count). The number of halogens is 4. The third kappa shape index (κ3) is 6.39. The topological polar surface area (TPSA) is 53.7 Å². The third-order valence-electron chi connectivity index (χ3n) is 7.38. The molecule has 1 aliphatic rings. The molecule has 1 saturated heterocycles. The Kier molecular flexibility index (Phi) is 8.14. The molecule has 4 nitrogen and oxygen atoms in total. The third-order valence-corrected chi connectivity index (χ3v) is 8.01. The highest BCUT2D eigenvalue weighted by molar-refractivity contribution is 9.10. The normalized spacial score (nSPS) is 14.4. The second-order valence-corrected chi connectivity index (χ2v) is 11.0. The van der Waals surface area contributed by atoms with Gasteiger partial charge in [0.25, 0.3) is 0 Å². The van der Waals surface area contributed by atoms with Crippen LogP contribution in [0.3, 0.4) is 0 Å². The summed E-state index contributed by atoms with van der Waals surface area (Å²) in [6.45, 7) is 3.58. The summed E-state index contributed by atoms with van der Waals surface area (Å²) in [6, 6.07) is 15.8. The van der Waals surface area contributed by atoms with Crippen LogP contribution in [0, 0.1) is 0 Å². The number of rotatable bonds is 8. The van der Waals surface area contributed by atoms with Crippen molar-refractivity contribution >= 4 is 26.9 Å². The highest BCUT2D eigenvalue weighted by Gasteiger charge is 2.30. The first-order chi connectivity index (χ1) is 18.7.